The molecule has 0 radical (unpaired) electrons. The Balaban J connectivity index is 1.24. The second kappa shape index (κ2) is 22.4. The number of aliphatic hydroxyl groups excluding tert-OH is 2. The van der Waals surface area contributed by atoms with Gasteiger partial charge >= 0.3 is 6.09 Å². The SMILES string of the molecule is C=CCO[C@@]12Oc3ccc(Oc4ccc5ccccc5c4)cc3[C@H]3[C@H](CCCCO)[C@@H](CCCCO)C=C(C(=NOCc4ccc([N+](=O)[O-])cc4)C[C@@H]1N(Cc1cccc4ccccc14)C(=O)OCC)[C@H]32. The maximum absolute atomic E-state index is 14.9. The van der Waals surface area contributed by atoms with E-state index in [-0.39, 0.29) is 69.4 Å². The molecule has 2 N–H and O–H groups in total. The van der Waals surface area contributed by atoms with Crippen LogP contribution in [0.15, 0.2) is 157 Å². The molecular formula is C58H61N3O10. The van der Waals surface area contributed by atoms with Crippen LogP contribution in [0.1, 0.15) is 74.5 Å². The molecule has 13 nitrogen and oxygen atoms in total. The summed E-state index contributed by atoms with van der Waals surface area (Å²) < 4.78 is 27.3. The first kappa shape index (κ1) is 48.9. The highest BCUT2D eigenvalue weighted by molar-refractivity contribution is 6.03. The third kappa shape index (κ3) is 10.4. The molecule has 2 aliphatic carbocycles. The Bertz CT molecular complexity index is 2910. The summed E-state index contributed by atoms with van der Waals surface area (Å²) >= 11 is 0. The molecule has 0 saturated heterocycles. The summed E-state index contributed by atoms with van der Waals surface area (Å²) in [5.41, 5.74) is 3.96. The van der Waals surface area contributed by atoms with Crippen LogP contribution in [0.2, 0.25) is 0 Å². The minimum Gasteiger partial charge on any atom is -0.459 e. The fourth-order valence-corrected chi connectivity index (χ4v) is 11.1. The molecule has 1 saturated carbocycles. The number of oxime groups is 1. The van der Waals surface area contributed by atoms with E-state index in [0.29, 0.717) is 41.4 Å². The van der Waals surface area contributed by atoms with E-state index in [1.165, 1.54) is 12.1 Å². The monoisotopic (exact) mass is 959 g/mol. The smallest absolute Gasteiger partial charge is 0.410 e. The maximum atomic E-state index is 14.9. The van der Waals surface area contributed by atoms with Crippen molar-refractivity contribution in [3.05, 3.63) is 179 Å². The van der Waals surface area contributed by atoms with Gasteiger partial charge in [0.25, 0.3) is 5.69 Å². The zero-order chi connectivity index (χ0) is 49.3. The standard InChI is InChI=1S/C58H61N3O10/c1-3-32-68-58-54(60(57(64)67-4-2)37-44-19-13-18-41-15-7-8-20-48(41)44)36-52(59-69-38-39-22-25-45(26-23-39)61(65)66)50-34-43(17-9-11-30-62)49(21-10-12-31-63)55(56(50)58)51-35-47(28-29-53(51)71-58)70-46-27-24-40-14-5-6-16-42(40)33-46/h3,5-8,13-16,18-20,22-29,33-35,43,49,54-56,62-63H,1,4,9-12,17,21,30-32,36-38H2,2H3/t43-,49+,54-,55+,56+,58+/m0/s1. The van der Waals surface area contributed by atoms with E-state index in [0.717, 1.165) is 63.9 Å². The molecule has 1 aliphatic heterocycles. The summed E-state index contributed by atoms with van der Waals surface area (Å²) in [6.07, 6.45) is 7.91. The second-order valence-electron chi connectivity index (χ2n) is 18.5. The van der Waals surface area contributed by atoms with Gasteiger partial charge in [0.15, 0.2) is 0 Å². The van der Waals surface area contributed by atoms with E-state index < -0.39 is 28.8 Å². The van der Waals surface area contributed by atoms with Crippen molar-refractivity contribution in [3.8, 4) is 17.2 Å². The largest absolute Gasteiger partial charge is 0.459 e. The Morgan fingerprint density at radius 3 is 2.35 bits per heavy atom. The molecule has 1 amide bonds. The van der Waals surface area contributed by atoms with Crippen LogP contribution < -0.4 is 9.47 Å². The third-order valence-corrected chi connectivity index (χ3v) is 14.3. The Hall–Kier alpha value is -7.06. The number of hydrogen-bond donors (Lipinski definition) is 2. The van der Waals surface area contributed by atoms with Crippen LogP contribution in [0.25, 0.3) is 21.5 Å². The van der Waals surface area contributed by atoms with Crippen molar-refractivity contribution in [3.63, 3.8) is 0 Å². The number of fused-ring (bicyclic) bond motifs is 4. The van der Waals surface area contributed by atoms with Crippen molar-refractivity contribution in [2.45, 2.75) is 82.8 Å². The van der Waals surface area contributed by atoms with Crippen LogP contribution in [0.4, 0.5) is 10.5 Å². The van der Waals surface area contributed by atoms with E-state index in [1.54, 1.807) is 30.0 Å². The predicted molar refractivity (Wildman–Crippen MR) is 273 cm³/mol. The average Bonchev–Trinajstić information content (AvgIpc) is 3.39. The molecular weight excluding hydrogens is 899 g/mol. The summed E-state index contributed by atoms with van der Waals surface area (Å²) in [5.74, 6) is -0.524. The van der Waals surface area contributed by atoms with Crippen LogP contribution in [0.5, 0.6) is 17.2 Å². The van der Waals surface area contributed by atoms with Crippen LogP contribution in [-0.2, 0) is 27.5 Å². The molecule has 71 heavy (non-hydrogen) atoms. The quantitative estimate of drug-likeness (QED) is 0.0307. The van der Waals surface area contributed by atoms with Gasteiger partial charge in [-0.15, -0.1) is 6.58 Å². The molecule has 6 aromatic rings. The summed E-state index contributed by atoms with van der Waals surface area (Å²) in [6.45, 7) is 6.39. The number of benzene rings is 6. The molecule has 1 fully saturated rings. The molecule has 9 rings (SSSR count). The lowest BCUT2D eigenvalue weighted by Crippen LogP contribution is -2.70. The second-order valence-corrected chi connectivity index (χ2v) is 18.5. The van der Waals surface area contributed by atoms with Crippen molar-refractivity contribution in [2.75, 3.05) is 26.4 Å². The lowest BCUT2D eigenvalue weighted by molar-refractivity contribution is -0.384. The number of allylic oxidation sites excluding steroid dienone is 1. The minimum absolute atomic E-state index is 0.00197. The minimum atomic E-state index is -1.53. The number of aliphatic hydroxyl groups is 2. The van der Waals surface area contributed by atoms with E-state index in [1.807, 2.05) is 78.9 Å². The van der Waals surface area contributed by atoms with Gasteiger partial charge in [0.1, 0.15) is 29.9 Å². The number of non-ortho nitro benzene ring substituents is 1. The lowest BCUT2D eigenvalue weighted by atomic mass is 9.55. The van der Waals surface area contributed by atoms with Gasteiger partial charge in [0.2, 0.25) is 5.79 Å². The molecule has 0 spiro atoms. The number of rotatable bonds is 21. The highest BCUT2D eigenvalue weighted by Gasteiger charge is 2.65. The molecule has 13 heteroatoms. The molecule has 1 heterocycles. The van der Waals surface area contributed by atoms with Crippen LogP contribution in [-0.4, -0.2) is 70.1 Å². The number of nitro groups is 1. The normalized spacial score (nSPS) is 21.6. The highest BCUT2D eigenvalue weighted by Crippen LogP contribution is 2.62. The summed E-state index contributed by atoms with van der Waals surface area (Å²) in [4.78, 5) is 33.9. The number of ether oxygens (including phenoxy) is 4. The van der Waals surface area contributed by atoms with Crippen LogP contribution in [0, 0.1) is 27.9 Å². The third-order valence-electron chi connectivity index (χ3n) is 14.3. The highest BCUT2D eigenvalue weighted by atomic mass is 16.7. The predicted octanol–water partition coefficient (Wildman–Crippen LogP) is 12.2. The number of nitro benzene ring substituents is 1. The van der Waals surface area contributed by atoms with Gasteiger partial charge in [0.05, 0.1) is 36.3 Å². The fraction of sp³-hybridized carbons (Fsp3) is 0.345. The van der Waals surface area contributed by atoms with Gasteiger partial charge in [-0.1, -0.05) is 103 Å². The number of carbonyl (C=O) groups excluding carboxylic acids is 1. The first-order valence-electron chi connectivity index (χ1n) is 24.8. The summed E-state index contributed by atoms with van der Waals surface area (Å²) in [6, 6.07) is 39.6. The first-order chi connectivity index (χ1) is 34.7. The number of hydrogen-bond acceptors (Lipinski definition) is 11. The van der Waals surface area contributed by atoms with Crippen LogP contribution in [0.3, 0.4) is 0 Å². The van der Waals surface area contributed by atoms with Crippen molar-refractivity contribution in [1.29, 1.82) is 0 Å². The molecule has 0 aromatic heterocycles. The van der Waals surface area contributed by atoms with Gasteiger partial charge in [-0.2, -0.15) is 0 Å². The first-order valence-corrected chi connectivity index (χ1v) is 24.8. The summed E-state index contributed by atoms with van der Waals surface area (Å²) in [7, 11) is 0. The average molecular weight is 960 g/mol. The van der Waals surface area contributed by atoms with Crippen molar-refractivity contribution < 1.29 is 43.7 Å². The topological polar surface area (TPSA) is 162 Å². The van der Waals surface area contributed by atoms with Gasteiger partial charge in [-0.3, -0.25) is 15.0 Å². The van der Waals surface area contributed by atoms with Crippen molar-refractivity contribution in [2.24, 2.45) is 22.9 Å². The maximum Gasteiger partial charge on any atom is 0.410 e. The Kier molecular flexibility index (Phi) is 15.4. The molecule has 0 bridgehead atoms. The van der Waals surface area contributed by atoms with Gasteiger partial charge in [-0.05, 0) is 125 Å². The Labute approximate surface area is 414 Å². The number of unbranched alkanes of at least 4 members (excludes halogenated alkanes) is 2. The Morgan fingerprint density at radius 1 is 0.873 bits per heavy atom. The molecule has 0 unspecified atom stereocenters. The number of amides is 1. The van der Waals surface area contributed by atoms with Crippen LogP contribution >= 0.6 is 0 Å². The summed E-state index contributed by atoms with van der Waals surface area (Å²) in [5, 5.41) is 40.7. The Morgan fingerprint density at radius 2 is 1.59 bits per heavy atom. The van der Waals surface area contributed by atoms with Gasteiger partial charge < -0.3 is 34.0 Å². The van der Waals surface area contributed by atoms with Crippen molar-refractivity contribution >= 4 is 39.0 Å². The van der Waals surface area contributed by atoms with Gasteiger partial charge in [0, 0.05) is 43.2 Å². The zero-order valence-electron chi connectivity index (χ0n) is 40.1. The molecule has 6 aromatic carbocycles. The molecule has 6 atom stereocenters. The van der Waals surface area contributed by atoms with Crippen molar-refractivity contribution in [1.82, 2.24) is 4.90 Å². The molecule has 3 aliphatic rings. The van der Waals surface area contributed by atoms with E-state index in [9.17, 15) is 25.1 Å². The van der Waals surface area contributed by atoms with E-state index in [2.05, 4.69) is 36.9 Å². The van der Waals surface area contributed by atoms with E-state index >= 15 is 0 Å². The number of carbonyl (C=O) groups is 1. The number of nitrogens with zero attached hydrogens (tertiary/aromatic N) is 3. The van der Waals surface area contributed by atoms with E-state index in [4.69, 9.17) is 28.9 Å². The fourth-order valence-electron chi connectivity index (χ4n) is 11.1. The lowest BCUT2D eigenvalue weighted by Gasteiger charge is -2.59. The van der Waals surface area contributed by atoms with Gasteiger partial charge in [-0.25, -0.2) is 4.79 Å². The zero-order valence-corrected chi connectivity index (χ0v) is 40.1. The molecule has 368 valence electrons.